The highest BCUT2D eigenvalue weighted by Crippen LogP contribution is 2.18. The Bertz CT molecular complexity index is 526. The van der Waals surface area contributed by atoms with Crippen LogP contribution in [0.25, 0.3) is 0 Å². The Morgan fingerprint density at radius 2 is 2.32 bits per heavy atom. The number of amides is 1. The average Bonchev–Trinajstić information content (AvgIpc) is 2.97. The van der Waals surface area contributed by atoms with E-state index in [9.17, 15) is 4.79 Å². The largest absolute Gasteiger partial charge is 0.349 e. The van der Waals surface area contributed by atoms with Crippen molar-refractivity contribution in [2.24, 2.45) is 0 Å². The van der Waals surface area contributed by atoms with Crippen LogP contribution >= 0.6 is 0 Å². The van der Waals surface area contributed by atoms with Gasteiger partial charge in [0.2, 0.25) is 5.91 Å². The molecule has 0 aliphatic heterocycles. The van der Waals surface area contributed by atoms with Crippen molar-refractivity contribution in [2.45, 2.75) is 39.8 Å². The zero-order valence-corrected chi connectivity index (χ0v) is 11.2. The second kappa shape index (κ2) is 5.59. The molecule has 0 radical (unpaired) electrons. The van der Waals surface area contributed by atoms with E-state index in [0.29, 0.717) is 13.0 Å². The van der Waals surface area contributed by atoms with Crippen LogP contribution in [0.2, 0.25) is 0 Å². The second-order valence-electron chi connectivity index (χ2n) is 4.46. The van der Waals surface area contributed by atoms with Crippen molar-refractivity contribution in [3.05, 3.63) is 23.3 Å². The van der Waals surface area contributed by atoms with E-state index in [1.807, 2.05) is 20.8 Å². The Balaban J connectivity index is 1.88. The van der Waals surface area contributed by atoms with Gasteiger partial charge in [-0.25, -0.2) is 4.68 Å². The Hall–Kier alpha value is -2.25. The maximum atomic E-state index is 11.8. The molecule has 1 unspecified atom stereocenters. The molecular formula is C11H17N7O. The summed E-state index contributed by atoms with van der Waals surface area (Å²) in [6, 6.07) is -0.0693. The van der Waals surface area contributed by atoms with Crippen LogP contribution in [0, 0.1) is 13.8 Å². The van der Waals surface area contributed by atoms with Gasteiger partial charge < -0.3 is 5.32 Å². The van der Waals surface area contributed by atoms with E-state index >= 15 is 0 Å². The maximum absolute atomic E-state index is 11.8. The van der Waals surface area contributed by atoms with Crippen molar-refractivity contribution >= 4 is 5.91 Å². The monoisotopic (exact) mass is 263 g/mol. The lowest BCUT2D eigenvalue weighted by Crippen LogP contribution is -2.28. The fourth-order valence-electron chi connectivity index (χ4n) is 2.08. The molecule has 0 aliphatic rings. The van der Waals surface area contributed by atoms with Crippen LogP contribution in [0.15, 0.2) is 6.33 Å². The van der Waals surface area contributed by atoms with Gasteiger partial charge in [0, 0.05) is 17.7 Å². The van der Waals surface area contributed by atoms with E-state index in [4.69, 9.17) is 0 Å². The lowest BCUT2D eigenvalue weighted by molar-refractivity contribution is -0.122. The third kappa shape index (κ3) is 3.15. The van der Waals surface area contributed by atoms with Crippen LogP contribution in [0.5, 0.6) is 0 Å². The standard InChI is InChI=1S/C11H17N7O/c1-7(11-8(2)14-15-9(11)3)13-10(19)4-5-18-6-12-16-17-18/h6-7H,4-5H2,1-3H3,(H,13,19)(H,14,15). The van der Waals surface area contributed by atoms with Gasteiger partial charge in [-0.1, -0.05) is 0 Å². The Labute approximate surface area is 110 Å². The molecule has 0 saturated carbocycles. The normalized spacial score (nSPS) is 12.4. The number of hydrogen-bond donors (Lipinski definition) is 2. The maximum Gasteiger partial charge on any atom is 0.222 e. The fraction of sp³-hybridized carbons (Fsp3) is 0.545. The summed E-state index contributed by atoms with van der Waals surface area (Å²) in [6.07, 6.45) is 1.83. The second-order valence-corrected chi connectivity index (χ2v) is 4.46. The summed E-state index contributed by atoms with van der Waals surface area (Å²) in [5, 5.41) is 20.7. The molecule has 19 heavy (non-hydrogen) atoms. The van der Waals surface area contributed by atoms with Crippen LogP contribution in [-0.2, 0) is 11.3 Å². The molecule has 8 heteroatoms. The number of aromatic amines is 1. The van der Waals surface area contributed by atoms with Gasteiger partial charge in [0.1, 0.15) is 6.33 Å². The molecule has 2 aromatic heterocycles. The molecule has 2 rings (SSSR count). The van der Waals surface area contributed by atoms with Gasteiger partial charge in [0.25, 0.3) is 0 Å². The number of H-pyrrole nitrogens is 1. The zero-order valence-electron chi connectivity index (χ0n) is 11.2. The molecule has 0 bridgehead atoms. The van der Waals surface area contributed by atoms with Crippen LogP contribution in [0.3, 0.4) is 0 Å². The van der Waals surface area contributed by atoms with Crippen molar-refractivity contribution in [3.8, 4) is 0 Å². The lowest BCUT2D eigenvalue weighted by Gasteiger charge is -2.14. The number of carbonyl (C=O) groups excluding carboxylic acids is 1. The average molecular weight is 263 g/mol. The number of tetrazole rings is 1. The van der Waals surface area contributed by atoms with E-state index in [-0.39, 0.29) is 11.9 Å². The SMILES string of the molecule is Cc1n[nH]c(C)c1C(C)NC(=O)CCn1cnnn1. The molecule has 2 heterocycles. The Kier molecular flexibility index (Phi) is 3.88. The molecule has 0 spiro atoms. The first-order valence-corrected chi connectivity index (χ1v) is 6.09. The van der Waals surface area contributed by atoms with Crippen LogP contribution < -0.4 is 5.32 Å². The molecule has 0 fully saturated rings. The molecule has 2 aromatic rings. The third-order valence-electron chi connectivity index (χ3n) is 2.96. The summed E-state index contributed by atoms with van der Waals surface area (Å²) < 4.78 is 1.53. The summed E-state index contributed by atoms with van der Waals surface area (Å²) in [4.78, 5) is 11.8. The van der Waals surface area contributed by atoms with Gasteiger partial charge in [-0.15, -0.1) is 5.10 Å². The number of aromatic nitrogens is 6. The highest BCUT2D eigenvalue weighted by Gasteiger charge is 2.16. The van der Waals surface area contributed by atoms with Crippen LogP contribution in [0.4, 0.5) is 0 Å². The summed E-state index contributed by atoms with van der Waals surface area (Å²) >= 11 is 0. The summed E-state index contributed by atoms with van der Waals surface area (Å²) in [7, 11) is 0. The van der Waals surface area contributed by atoms with E-state index in [1.165, 1.54) is 11.0 Å². The zero-order chi connectivity index (χ0) is 13.8. The smallest absolute Gasteiger partial charge is 0.222 e. The van der Waals surface area contributed by atoms with E-state index in [1.54, 1.807) is 0 Å². The molecule has 0 aromatic carbocycles. The van der Waals surface area contributed by atoms with Gasteiger partial charge in [-0.05, 0) is 31.2 Å². The number of hydrogen-bond acceptors (Lipinski definition) is 5. The van der Waals surface area contributed by atoms with Crippen LogP contribution in [-0.4, -0.2) is 36.3 Å². The quantitative estimate of drug-likeness (QED) is 0.806. The minimum Gasteiger partial charge on any atom is -0.349 e. The van der Waals surface area contributed by atoms with Gasteiger partial charge >= 0.3 is 0 Å². The highest BCUT2D eigenvalue weighted by atomic mass is 16.1. The molecule has 1 atom stereocenters. The molecular weight excluding hydrogens is 246 g/mol. The van der Waals surface area contributed by atoms with E-state index in [0.717, 1.165) is 17.0 Å². The predicted octanol–water partition coefficient (Wildman–Crippen LogP) is 0.281. The molecule has 1 amide bonds. The molecule has 8 nitrogen and oxygen atoms in total. The number of aryl methyl sites for hydroxylation is 3. The summed E-state index contributed by atoms with van der Waals surface area (Å²) in [5.74, 6) is -0.0389. The van der Waals surface area contributed by atoms with Gasteiger partial charge in [0.15, 0.2) is 0 Å². The number of carbonyl (C=O) groups is 1. The Morgan fingerprint density at radius 3 is 2.89 bits per heavy atom. The van der Waals surface area contributed by atoms with Crippen molar-refractivity contribution in [1.82, 2.24) is 35.7 Å². The first kappa shape index (κ1) is 13.2. The molecule has 0 aliphatic carbocycles. The van der Waals surface area contributed by atoms with Gasteiger partial charge in [-0.2, -0.15) is 5.10 Å². The molecule has 102 valence electrons. The van der Waals surface area contributed by atoms with Crippen molar-refractivity contribution in [2.75, 3.05) is 0 Å². The van der Waals surface area contributed by atoms with E-state index in [2.05, 4.69) is 31.0 Å². The number of rotatable bonds is 5. The first-order valence-electron chi connectivity index (χ1n) is 6.09. The predicted molar refractivity (Wildman–Crippen MR) is 67.1 cm³/mol. The minimum absolute atomic E-state index is 0.0389. The Morgan fingerprint density at radius 1 is 1.53 bits per heavy atom. The minimum atomic E-state index is -0.0693. The first-order chi connectivity index (χ1) is 9.08. The van der Waals surface area contributed by atoms with Crippen molar-refractivity contribution in [1.29, 1.82) is 0 Å². The summed E-state index contributed by atoms with van der Waals surface area (Å²) in [5.41, 5.74) is 2.92. The van der Waals surface area contributed by atoms with Crippen molar-refractivity contribution in [3.63, 3.8) is 0 Å². The van der Waals surface area contributed by atoms with Crippen molar-refractivity contribution < 1.29 is 4.79 Å². The topological polar surface area (TPSA) is 101 Å². The lowest BCUT2D eigenvalue weighted by atomic mass is 10.1. The third-order valence-corrected chi connectivity index (χ3v) is 2.96. The molecule has 2 N–H and O–H groups in total. The van der Waals surface area contributed by atoms with E-state index < -0.39 is 0 Å². The number of nitrogens with one attached hydrogen (secondary N) is 2. The van der Waals surface area contributed by atoms with Gasteiger partial charge in [-0.3, -0.25) is 9.89 Å². The fourth-order valence-corrected chi connectivity index (χ4v) is 2.08. The summed E-state index contributed by atoms with van der Waals surface area (Å²) in [6.45, 7) is 6.27. The van der Waals surface area contributed by atoms with Gasteiger partial charge in [0.05, 0.1) is 18.3 Å². The molecule has 0 saturated heterocycles. The van der Waals surface area contributed by atoms with Crippen LogP contribution in [0.1, 0.15) is 36.3 Å². The number of nitrogens with zero attached hydrogens (tertiary/aromatic N) is 5. The highest BCUT2D eigenvalue weighted by molar-refractivity contribution is 5.76.